The van der Waals surface area contributed by atoms with E-state index in [1.54, 1.807) is 18.3 Å². The lowest BCUT2D eigenvalue weighted by Gasteiger charge is -2.12. The maximum Gasteiger partial charge on any atom is 0.227 e. The van der Waals surface area contributed by atoms with Crippen LogP contribution in [0.25, 0.3) is 11.3 Å². The number of ether oxygens (including phenoxy) is 1. The number of hydrogen-bond acceptors (Lipinski definition) is 5. The number of nitrogens with two attached hydrogens (primary N) is 1. The summed E-state index contributed by atoms with van der Waals surface area (Å²) in [6, 6.07) is 7.32. The van der Waals surface area contributed by atoms with Gasteiger partial charge in [0.05, 0.1) is 18.7 Å². The van der Waals surface area contributed by atoms with Crippen LogP contribution in [0.15, 0.2) is 41.3 Å². The molecule has 1 amide bonds. The topological polar surface area (TPSA) is 90.4 Å². The van der Waals surface area contributed by atoms with Gasteiger partial charge in [0.2, 0.25) is 5.91 Å². The third-order valence-corrected chi connectivity index (χ3v) is 2.89. The van der Waals surface area contributed by atoms with Crippen molar-refractivity contribution in [2.75, 3.05) is 19.0 Å². The number of methoxy groups -OCH3 is 1. The van der Waals surface area contributed by atoms with E-state index in [9.17, 15) is 4.79 Å². The van der Waals surface area contributed by atoms with Crippen molar-refractivity contribution in [2.45, 2.75) is 12.5 Å². The van der Waals surface area contributed by atoms with E-state index in [4.69, 9.17) is 14.9 Å². The summed E-state index contributed by atoms with van der Waals surface area (Å²) in [6.07, 6.45) is 2.99. The van der Waals surface area contributed by atoms with E-state index in [1.165, 1.54) is 13.5 Å². The van der Waals surface area contributed by atoms with E-state index < -0.39 is 0 Å². The number of anilines is 1. The number of aromatic nitrogens is 1. The molecule has 6 nitrogen and oxygen atoms in total. The molecule has 6 heteroatoms. The van der Waals surface area contributed by atoms with Crippen LogP contribution in [-0.2, 0) is 9.53 Å². The molecule has 2 aromatic rings. The summed E-state index contributed by atoms with van der Waals surface area (Å²) in [5, 5.41) is 2.79. The van der Waals surface area contributed by atoms with Crippen LogP contribution in [0.1, 0.15) is 6.42 Å². The summed E-state index contributed by atoms with van der Waals surface area (Å²) in [5.74, 6) is 0.556. The van der Waals surface area contributed by atoms with Gasteiger partial charge in [0.15, 0.2) is 12.2 Å². The van der Waals surface area contributed by atoms with Crippen molar-refractivity contribution < 1.29 is 13.9 Å². The Morgan fingerprint density at radius 3 is 2.75 bits per heavy atom. The summed E-state index contributed by atoms with van der Waals surface area (Å²) < 4.78 is 10.3. The van der Waals surface area contributed by atoms with Gasteiger partial charge >= 0.3 is 0 Å². The van der Waals surface area contributed by atoms with E-state index in [2.05, 4.69) is 10.3 Å². The normalized spacial score (nSPS) is 12.1. The zero-order valence-electron chi connectivity index (χ0n) is 11.2. The van der Waals surface area contributed by atoms with Crippen molar-refractivity contribution in [1.29, 1.82) is 0 Å². The Morgan fingerprint density at radius 1 is 1.45 bits per heavy atom. The summed E-state index contributed by atoms with van der Waals surface area (Å²) in [7, 11) is 1.54. The number of carbonyl (C=O) groups excluding carboxylic acids is 1. The highest BCUT2D eigenvalue weighted by atomic mass is 16.5. The van der Waals surface area contributed by atoms with E-state index in [1.807, 2.05) is 12.1 Å². The van der Waals surface area contributed by atoms with Gasteiger partial charge in [-0.1, -0.05) is 0 Å². The van der Waals surface area contributed by atoms with Crippen LogP contribution in [0.3, 0.4) is 0 Å². The number of benzene rings is 1. The molecule has 0 saturated heterocycles. The molecule has 1 heterocycles. The molecule has 2 rings (SSSR count). The molecule has 20 heavy (non-hydrogen) atoms. The minimum absolute atomic E-state index is 0.130. The maximum absolute atomic E-state index is 11.8. The second-order valence-corrected chi connectivity index (χ2v) is 4.29. The first-order valence-corrected chi connectivity index (χ1v) is 6.24. The molecule has 0 radical (unpaired) electrons. The average Bonchev–Trinajstić information content (AvgIpc) is 2.99. The lowest BCUT2D eigenvalue weighted by atomic mass is 10.1. The van der Waals surface area contributed by atoms with Gasteiger partial charge in [-0.15, -0.1) is 0 Å². The van der Waals surface area contributed by atoms with Crippen molar-refractivity contribution >= 4 is 11.6 Å². The summed E-state index contributed by atoms with van der Waals surface area (Å²) >= 11 is 0. The maximum atomic E-state index is 11.8. The minimum atomic E-state index is -0.261. The molecule has 1 aromatic heterocycles. The highest BCUT2D eigenvalue weighted by Gasteiger charge is 2.11. The molecule has 0 saturated carbocycles. The highest BCUT2D eigenvalue weighted by molar-refractivity contribution is 5.91. The molecule has 0 aliphatic rings. The van der Waals surface area contributed by atoms with Crippen LogP contribution < -0.4 is 11.1 Å². The predicted octanol–water partition coefficient (Wildman–Crippen LogP) is 1.64. The first-order chi connectivity index (χ1) is 9.72. The molecular weight excluding hydrogens is 258 g/mol. The fourth-order valence-electron chi connectivity index (χ4n) is 1.76. The molecule has 0 spiro atoms. The molecule has 106 valence electrons. The SMILES string of the molecule is COC(CN)CC(=O)Nc1ccc(-c2cnco2)cc1. The number of oxazole rings is 1. The Labute approximate surface area is 116 Å². The Hall–Kier alpha value is -2.18. The molecule has 1 unspecified atom stereocenters. The van der Waals surface area contributed by atoms with E-state index in [0.29, 0.717) is 18.0 Å². The van der Waals surface area contributed by atoms with Crippen LogP contribution in [0.5, 0.6) is 0 Å². The van der Waals surface area contributed by atoms with Crippen LogP contribution in [-0.4, -0.2) is 30.6 Å². The van der Waals surface area contributed by atoms with Gasteiger partial charge in [0.1, 0.15) is 0 Å². The van der Waals surface area contributed by atoms with Gasteiger partial charge in [-0.2, -0.15) is 0 Å². The van der Waals surface area contributed by atoms with E-state index in [0.717, 1.165) is 5.56 Å². The van der Waals surface area contributed by atoms with Crippen molar-refractivity contribution in [3.05, 3.63) is 36.9 Å². The Morgan fingerprint density at radius 2 is 2.20 bits per heavy atom. The van der Waals surface area contributed by atoms with Crippen molar-refractivity contribution in [3.8, 4) is 11.3 Å². The van der Waals surface area contributed by atoms with E-state index in [-0.39, 0.29) is 18.4 Å². The number of nitrogens with zero attached hydrogens (tertiary/aromatic N) is 1. The molecule has 0 bridgehead atoms. The monoisotopic (exact) mass is 275 g/mol. The van der Waals surface area contributed by atoms with Crippen molar-refractivity contribution in [3.63, 3.8) is 0 Å². The third kappa shape index (κ3) is 3.66. The number of carbonyl (C=O) groups is 1. The van der Waals surface area contributed by atoms with Gasteiger partial charge in [-0.25, -0.2) is 4.98 Å². The van der Waals surface area contributed by atoms with Crippen LogP contribution in [0.2, 0.25) is 0 Å². The van der Waals surface area contributed by atoms with Gasteiger partial charge in [0.25, 0.3) is 0 Å². The van der Waals surface area contributed by atoms with Crippen molar-refractivity contribution in [2.24, 2.45) is 5.73 Å². The average molecular weight is 275 g/mol. The van der Waals surface area contributed by atoms with Crippen LogP contribution in [0.4, 0.5) is 5.69 Å². The van der Waals surface area contributed by atoms with Gasteiger partial charge in [-0.05, 0) is 24.3 Å². The van der Waals surface area contributed by atoms with Gasteiger partial charge < -0.3 is 20.2 Å². The number of amides is 1. The first kappa shape index (κ1) is 14.2. The lowest BCUT2D eigenvalue weighted by molar-refractivity contribution is -0.118. The quantitative estimate of drug-likeness (QED) is 0.836. The fourth-order valence-corrected chi connectivity index (χ4v) is 1.76. The van der Waals surface area contributed by atoms with Gasteiger partial charge in [0, 0.05) is 24.9 Å². The standard InChI is InChI=1S/C14H17N3O3/c1-19-12(7-15)6-14(18)17-11-4-2-10(3-5-11)13-8-16-9-20-13/h2-5,8-9,12H,6-7,15H2,1H3,(H,17,18). The van der Waals surface area contributed by atoms with Crippen LogP contribution in [0, 0.1) is 0 Å². The zero-order chi connectivity index (χ0) is 14.4. The molecule has 0 fully saturated rings. The number of rotatable bonds is 6. The predicted molar refractivity (Wildman–Crippen MR) is 75.0 cm³/mol. The molecule has 1 aromatic carbocycles. The smallest absolute Gasteiger partial charge is 0.227 e. The number of nitrogens with one attached hydrogen (secondary N) is 1. The Balaban J connectivity index is 1.95. The third-order valence-electron chi connectivity index (χ3n) is 2.89. The zero-order valence-corrected chi connectivity index (χ0v) is 11.2. The molecule has 0 aliphatic carbocycles. The van der Waals surface area contributed by atoms with Crippen molar-refractivity contribution in [1.82, 2.24) is 4.98 Å². The fraction of sp³-hybridized carbons (Fsp3) is 0.286. The van der Waals surface area contributed by atoms with E-state index >= 15 is 0 Å². The second kappa shape index (κ2) is 6.83. The Kier molecular flexibility index (Phi) is 4.86. The molecular formula is C14H17N3O3. The van der Waals surface area contributed by atoms with Gasteiger partial charge in [-0.3, -0.25) is 4.79 Å². The molecule has 1 atom stereocenters. The molecule has 0 aliphatic heterocycles. The first-order valence-electron chi connectivity index (χ1n) is 6.24. The summed E-state index contributed by atoms with van der Waals surface area (Å²) in [4.78, 5) is 15.6. The number of hydrogen-bond donors (Lipinski definition) is 2. The largest absolute Gasteiger partial charge is 0.444 e. The van der Waals surface area contributed by atoms with Crippen LogP contribution >= 0.6 is 0 Å². The molecule has 3 N–H and O–H groups in total. The second-order valence-electron chi connectivity index (χ2n) is 4.29. The minimum Gasteiger partial charge on any atom is -0.444 e. The lowest BCUT2D eigenvalue weighted by Crippen LogP contribution is -2.28. The summed E-state index contributed by atoms with van der Waals surface area (Å²) in [6.45, 7) is 0.314. The highest BCUT2D eigenvalue weighted by Crippen LogP contribution is 2.20. The summed E-state index contributed by atoms with van der Waals surface area (Å²) in [5.41, 5.74) is 7.09. The Bertz CT molecular complexity index is 533.